The van der Waals surface area contributed by atoms with Gasteiger partial charge in [0, 0.05) is 39.8 Å². The molecule has 2 aliphatic rings. The van der Waals surface area contributed by atoms with E-state index in [4.69, 9.17) is 0 Å². The van der Waals surface area contributed by atoms with Crippen LogP contribution in [-0.4, -0.2) is 61.5 Å². The summed E-state index contributed by atoms with van der Waals surface area (Å²) in [5.74, 6) is 1.13. The van der Waals surface area contributed by atoms with Gasteiger partial charge in [-0.3, -0.25) is 9.69 Å². The first-order chi connectivity index (χ1) is 8.63. The van der Waals surface area contributed by atoms with Crippen molar-refractivity contribution in [1.29, 1.82) is 0 Å². The van der Waals surface area contributed by atoms with Gasteiger partial charge in [0.2, 0.25) is 5.91 Å². The molecule has 1 saturated heterocycles. The zero-order valence-corrected chi connectivity index (χ0v) is 12.0. The predicted octanol–water partition coefficient (Wildman–Crippen LogP) is 0.927. The average molecular weight is 253 g/mol. The quantitative estimate of drug-likeness (QED) is 0.812. The molecule has 0 spiro atoms. The van der Waals surface area contributed by atoms with Crippen LogP contribution in [-0.2, 0) is 4.79 Å². The Balaban J connectivity index is 2.02. The summed E-state index contributed by atoms with van der Waals surface area (Å²) in [4.78, 5) is 16.5. The number of carbonyl (C=O) groups is 1. The third-order valence-corrected chi connectivity index (χ3v) is 4.57. The first-order valence-electron chi connectivity index (χ1n) is 7.31. The highest BCUT2D eigenvalue weighted by Crippen LogP contribution is 2.32. The largest absolute Gasteiger partial charge is 0.347 e. The van der Waals surface area contributed by atoms with E-state index in [0.29, 0.717) is 6.04 Å². The molecule has 4 nitrogen and oxygen atoms in total. The van der Waals surface area contributed by atoms with E-state index < -0.39 is 0 Å². The summed E-state index contributed by atoms with van der Waals surface area (Å²) < 4.78 is 0. The van der Waals surface area contributed by atoms with Crippen molar-refractivity contribution in [2.75, 3.05) is 33.7 Å². The second-order valence-corrected chi connectivity index (χ2v) is 5.93. The van der Waals surface area contributed by atoms with Crippen molar-refractivity contribution in [3.63, 3.8) is 0 Å². The van der Waals surface area contributed by atoms with Gasteiger partial charge in [-0.15, -0.1) is 0 Å². The predicted molar refractivity (Wildman–Crippen MR) is 73.5 cm³/mol. The number of nitrogens with one attached hydrogen (secondary N) is 1. The number of rotatable bonds is 3. The lowest BCUT2D eigenvalue weighted by Gasteiger charge is -2.40. The van der Waals surface area contributed by atoms with Crippen molar-refractivity contribution in [2.24, 2.45) is 5.92 Å². The van der Waals surface area contributed by atoms with Crippen LogP contribution in [0.2, 0.25) is 0 Å². The van der Waals surface area contributed by atoms with Crippen molar-refractivity contribution < 1.29 is 4.79 Å². The van der Waals surface area contributed by atoms with Gasteiger partial charge >= 0.3 is 0 Å². The molecule has 4 heteroatoms. The molecule has 3 unspecified atom stereocenters. The molecule has 104 valence electrons. The highest BCUT2D eigenvalue weighted by Gasteiger charge is 2.37. The monoisotopic (exact) mass is 253 g/mol. The lowest BCUT2D eigenvalue weighted by atomic mass is 10.0. The molecule has 18 heavy (non-hydrogen) atoms. The molecule has 0 aromatic heterocycles. The van der Waals surface area contributed by atoms with Crippen LogP contribution in [0.15, 0.2) is 0 Å². The van der Waals surface area contributed by atoms with Gasteiger partial charge in [-0.2, -0.15) is 0 Å². The fraction of sp³-hybridized carbons (Fsp3) is 0.929. The Hall–Kier alpha value is -0.610. The Bertz CT molecular complexity index is 293. The summed E-state index contributed by atoms with van der Waals surface area (Å²) in [5.41, 5.74) is 0. The van der Waals surface area contributed by atoms with Crippen molar-refractivity contribution in [2.45, 2.75) is 44.7 Å². The maximum atomic E-state index is 12.3. The SMILES string of the molecule is CCC1CCC(N2CCNCC2C(=O)N(C)C)C1. The normalized spacial score (nSPS) is 33.6. The Labute approximate surface area is 111 Å². The fourth-order valence-electron chi connectivity index (χ4n) is 3.40. The summed E-state index contributed by atoms with van der Waals surface area (Å²) in [6, 6.07) is 0.681. The molecule has 1 saturated carbocycles. The second kappa shape index (κ2) is 6.02. The van der Waals surface area contributed by atoms with Crippen LogP contribution in [0.5, 0.6) is 0 Å². The van der Waals surface area contributed by atoms with E-state index in [9.17, 15) is 4.79 Å². The molecule has 3 atom stereocenters. The van der Waals surface area contributed by atoms with Gasteiger partial charge in [-0.25, -0.2) is 0 Å². The number of amides is 1. The number of hydrogen-bond acceptors (Lipinski definition) is 3. The maximum absolute atomic E-state index is 12.3. The van der Waals surface area contributed by atoms with Gasteiger partial charge < -0.3 is 10.2 Å². The van der Waals surface area contributed by atoms with Crippen LogP contribution < -0.4 is 5.32 Å². The standard InChI is InChI=1S/C14H27N3O/c1-4-11-5-6-12(9-11)17-8-7-15-10-13(17)14(18)16(2)3/h11-13,15H,4-10H2,1-3H3. The molecule has 1 aliphatic carbocycles. The zero-order chi connectivity index (χ0) is 13.1. The highest BCUT2D eigenvalue weighted by atomic mass is 16.2. The van der Waals surface area contributed by atoms with Crippen molar-refractivity contribution >= 4 is 5.91 Å². The van der Waals surface area contributed by atoms with E-state index in [2.05, 4.69) is 17.1 Å². The van der Waals surface area contributed by atoms with Crippen LogP contribution in [0.3, 0.4) is 0 Å². The summed E-state index contributed by atoms with van der Waals surface area (Å²) in [6.45, 7) is 5.13. The number of hydrogen-bond donors (Lipinski definition) is 1. The minimum absolute atomic E-state index is 0.0503. The summed E-state index contributed by atoms with van der Waals surface area (Å²) in [7, 11) is 3.72. The average Bonchev–Trinajstić information content (AvgIpc) is 2.86. The first kappa shape index (κ1) is 13.8. The first-order valence-corrected chi connectivity index (χ1v) is 7.31. The molecule has 2 fully saturated rings. The maximum Gasteiger partial charge on any atom is 0.240 e. The van der Waals surface area contributed by atoms with Gasteiger partial charge in [0.05, 0.1) is 0 Å². The van der Waals surface area contributed by atoms with Crippen molar-refractivity contribution in [3.8, 4) is 0 Å². The third-order valence-electron chi connectivity index (χ3n) is 4.57. The van der Waals surface area contributed by atoms with Crippen LogP contribution in [0, 0.1) is 5.92 Å². The number of piperazine rings is 1. The van der Waals surface area contributed by atoms with Gasteiger partial charge in [-0.1, -0.05) is 13.3 Å². The van der Waals surface area contributed by atoms with Gasteiger partial charge in [0.25, 0.3) is 0 Å². The zero-order valence-electron chi connectivity index (χ0n) is 12.0. The number of likely N-dealkylation sites (N-methyl/N-ethyl adjacent to an activating group) is 1. The molecule has 1 amide bonds. The molecule has 0 aromatic rings. The summed E-state index contributed by atoms with van der Waals surface area (Å²) in [6.07, 6.45) is 5.19. The fourth-order valence-corrected chi connectivity index (χ4v) is 3.40. The minimum atomic E-state index is 0.0503. The van der Waals surface area contributed by atoms with E-state index in [0.717, 1.165) is 25.6 Å². The third kappa shape index (κ3) is 2.86. The van der Waals surface area contributed by atoms with Gasteiger partial charge in [0.15, 0.2) is 0 Å². The molecular weight excluding hydrogens is 226 g/mol. The number of nitrogens with zero attached hydrogens (tertiary/aromatic N) is 2. The lowest BCUT2D eigenvalue weighted by molar-refractivity contribution is -0.136. The van der Waals surface area contributed by atoms with E-state index in [1.54, 1.807) is 4.90 Å². The van der Waals surface area contributed by atoms with E-state index in [-0.39, 0.29) is 11.9 Å². The molecule has 0 aromatic carbocycles. The van der Waals surface area contributed by atoms with Crippen molar-refractivity contribution in [3.05, 3.63) is 0 Å². The van der Waals surface area contributed by atoms with Crippen LogP contribution in [0.4, 0.5) is 0 Å². The van der Waals surface area contributed by atoms with Crippen molar-refractivity contribution in [1.82, 2.24) is 15.1 Å². The second-order valence-electron chi connectivity index (χ2n) is 5.93. The van der Waals surface area contributed by atoms with Gasteiger partial charge in [-0.05, 0) is 25.2 Å². The Morgan fingerprint density at radius 3 is 2.78 bits per heavy atom. The molecule has 0 radical (unpaired) electrons. The highest BCUT2D eigenvalue weighted by molar-refractivity contribution is 5.81. The molecular formula is C14H27N3O. The van der Waals surface area contributed by atoms with E-state index in [1.807, 2.05) is 14.1 Å². The van der Waals surface area contributed by atoms with Crippen LogP contribution in [0.25, 0.3) is 0 Å². The molecule has 1 aliphatic heterocycles. The van der Waals surface area contributed by atoms with Gasteiger partial charge in [0.1, 0.15) is 6.04 Å². The topological polar surface area (TPSA) is 35.6 Å². The summed E-state index contributed by atoms with van der Waals surface area (Å²) in [5, 5.41) is 3.36. The Kier molecular flexibility index (Phi) is 4.62. The Morgan fingerprint density at radius 2 is 2.17 bits per heavy atom. The minimum Gasteiger partial charge on any atom is -0.347 e. The van der Waals surface area contributed by atoms with Crippen LogP contribution >= 0.6 is 0 Å². The summed E-state index contributed by atoms with van der Waals surface area (Å²) >= 11 is 0. The number of carbonyl (C=O) groups excluding carboxylic acids is 1. The molecule has 2 rings (SSSR count). The molecule has 0 bridgehead atoms. The lowest BCUT2D eigenvalue weighted by Crippen LogP contribution is -2.60. The smallest absolute Gasteiger partial charge is 0.240 e. The molecule has 1 N–H and O–H groups in total. The Morgan fingerprint density at radius 1 is 1.39 bits per heavy atom. The van der Waals surface area contributed by atoms with E-state index >= 15 is 0 Å². The van der Waals surface area contributed by atoms with E-state index in [1.165, 1.54) is 25.7 Å². The molecule has 1 heterocycles. The van der Waals surface area contributed by atoms with Crippen LogP contribution in [0.1, 0.15) is 32.6 Å².